The first-order valence-corrected chi connectivity index (χ1v) is 18.2. The van der Waals surface area contributed by atoms with Gasteiger partial charge in [-0.2, -0.15) is 5.11 Å². The highest BCUT2D eigenvalue weighted by atomic mass is 32.2. The molecule has 1 saturated heterocycles. The number of carbonyl (C=O) groups is 3. The lowest BCUT2D eigenvalue weighted by Crippen LogP contribution is -2.46. The van der Waals surface area contributed by atoms with Crippen LogP contribution >= 0.6 is 0 Å². The maximum absolute atomic E-state index is 13.6. The van der Waals surface area contributed by atoms with E-state index in [0.717, 1.165) is 30.2 Å². The molecule has 2 atom stereocenters. The lowest BCUT2D eigenvalue weighted by atomic mass is 9.86. The largest absolute Gasteiger partial charge is 0.492 e. The molecule has 2 unspecified atom stereocenters. The van der Waals surface area contributed by atoms with E-state index >= 15 is 0 Å². The molecule has 3 amide bonds. The fraction of sp³-hybridized carbons (Fsp3) is 0.559. The summed E-state index contributed by atoms with van der Waals surface area (Å²) in [6, 6.07) is 7.84. The number of hydrogen-bond acceptors (Lipinski definition) is 10. The van der Waals surface area contributed by atoms with Gasteiger partial charge < -0.3 is 25.0 Å². The maximum Gasteiger partial charge on any atom is 0.410 e. The Hall–Kier alpha value is -4.40. The van der Waals surface area contributed by atoms with Gasteiger partial charge in [0.25, 0.3) is 5.91 Å². The third-order valence-electron chi connectivity index (χ3n) is 8.14. The van der Waals surface area contributed by atoms with Crippen molar-refractivity contribution < 1.29 is 32.3 Å². The third kappa shape index (κ3) is 10.1. The average Bonchev–Trinajstić information content (AvgIpc) is 3.48. The number of ether oxygens (including phenoxy) is 2. The van der Waals surface area contributed by atoms with Crippen LogP contribution in [0.5, 0.6) is 5.75 Å². The second-order valence-electron chi connectivity index (χ2n) is 14.7. The molecule has 2 aromatic rings. The number of aryl methyl sites for hydroxylation is 1. The lowest BCUT2D eigenvalue weighted by molar-refractivity contribution is -0.122. The van der Waals surface area contributed by atoms with Gasteiger partial charge >= 0.3 is 6.09 Å². The molecule has 2 aliphatic rings. The zero-order valence-corrected chi connectivity index (χ0v) is 30.7. The molecule has 0 spiro atoms. The molecule has 2 heterocycles. The predicted molar refractivity (Wildman–Crippen MR) is 189 cm³/mol. The molecule has 4 rings (SSSR count). The van der Waals surface area contributed by atoms with E-state index in [0.29, 0.717) is 36.6 Å². The van der Waals surface area contributed by atoms with Gasteiger partial charge in [0.05, 0.1) is 37.0 Å². The molecule has 0 radical (unpaired) electrons. The summed E-state index contributed by atoms with van der Waals surface area (Å²) in [6.07, 6.45) is 2.41. The number of likely N-dealkylation sites (tertiary alicyclic amines) is 1. The van der Waals surface area contributed by atoms with Crippen LogP contribution < -0.4 is 25.1 Å². The molecule has 0 aromatic heterocycles. The number of hydrogen-bond donors (Lipinski definition) is 3. The highest BCUT2D eigenvalue weighted by Gasteiger charge is 2.31. The molecule has 268 valence electrons. The number of amides is 3. The summed E-state index contributed by atoms with van der Waals surface area (Å²) in [5.41, 5.74) is 2.11. The van der Waals surface area contributed by atoms with Gasteiger partial charge in [-0.15, -0.1) is 0 Å². The van der Waals surface area contributed by atoms with Crippen molar-refractivity contribution in [2.24, 2.45) is 16.3 Å². The number of sulfonamides is 1. The third-order valence-corrected chi connectivity index (χ3v) is 8.73. The van der Waals surface area contributed by atoms with Crippen molar-refractivity contribution in [3.63, 3.8) is 0 Å². The normalized spacial score (nSPS) is 18.2. The Bertz CT molecular complexity index is 1710. The van der Waals surface area contributed by atoms with Crippen molar-refractivity contribution >= 4 is 45.0 Å². The molecule has 15 heteroatoms. The van der Waals surface area contributed by atoms with Gasteiger partial charge in [0.15, 0.2) is 11.8 Å². The van der Waals surface area contributed by atoms with E-state index in [9.17, 15) is 22.8 Å². The van der Waals surface area contributed by atoms with Crippen LogP contribution in [0.25, 0.3) is 0 Å². The highest BCUT2D eigenvalue weighted by molar-refractivity contribution is 7.92. The number of piperidine rings is 1. The summed E-state index contributed by atoms with van der Waals surface area (Å²) in [7, 11) is -2.23. The molecule has 0 bridgehead atoms. The number of carbonyl (C=O) groups excluding carboxylic acids is 3. The Morgan fingerprint density at radius 1 is 1.02 bits per heavy atom. The van der Waals surface area contributed by atoms with Gasteiger partial charge in [-0.3, -0.25) is 14.3 Å². The standard InChI is InChI=1S/C34H49N7O7S/c1-21-12-13-23(30(42)36-25-16-24(33(2,3)4)17-26(29(25)47-8)38-49(9,45)46)15-28(21)41-20-27(37-39-41)31(43)35-18-22-11-10-14-40(19-22)32(44)48-34(5,6)7/h12-13,15-17,22,27,38H,10-11,14,18-20H2,1-9H3,(H,35,43)(H,36,42). The van der Waals surface area contributed by atoms with Crippen molar-refractivity contribution in [2.75, 3.05) is 54.6 Å². The summed E-state index contributed by atoms with van der Waals surface area (Å²) in [4.78, 5) is 40.9. The molecule has 3 N–H and O–H groups in total. The van der Waals surface area contributed by atoms with Gasteiger partial charge in [0.2, 0.25) is 15.9 Å². The average molecular weight is 700 g/mol. The second kappa shape index (κ2) is 14.6. The van der Waals surface area contributed by atoms with Crippen LogP contribution in [0.3, 0.4) is 0 Å². The van der Waals surface area contributed by atoms with Gasteiger partial charge in [0.1, 0.15) is 5.60 Å². The molecule has 1 fully saturated rings. The second-order valence-corrected chi connectivity index (χ2v) is 16.4. The smallest absolute Gasteiger partial charge is 0.410 e. The first-order valence-electron chi connectivity index (χ1n) is 16.3. The molecule has 0 aliphatic carbocycles. The molecule has 2 aromatic carbocycles. The zero-order chi connectivity index (χ0) is 36.3. The fourth-order valence-electron chi connectivity index (χ4n) is 5.60. The van der Waals surface area contributed by atoms with Crippen molar-refractivity contribution in [3.8, 4) is 5.75 Å². The Labute approximate surface area is 289 Å². The molecular formula is C34H49N7O7S. The maximum atomic E-state index is 13.6. The predicted octanol–water partition coefficient (Wildman–Crippen LogP) is 5.24. The van der Waals surface area contributed by atoms with Gasteiger partial charge in [-0.25, -0.2) is 18.2 Å². The highest BCUT2D eigenvalue weighted by Crippen LogP contribution is 2.39. The summed E-state index contributed by atoms with van der Waals surface area (Å²) >= 11 is 0. The van der Waals surface area contributed by atoms with E-state index in [1.807, 2.05) is 48.5 Å². The molecule has 14 nitrogen and oxygen atoms in total. The Morgan fingerprint density at radius 2 is 1.71 bits per heavy atom. The van der Waals surface area contributed by atoms with Crippen LogP contribution in [0, 0.1) is 12.8 Å². The van der Waals surface area contributed by atoms with Crippen LogP contribution in [-0.2, 0) is 25.0 Å². The number of anilines is 3. The van der Waals surface area contributed by atoms with Crippen molar-refractivity contribution in [1.82, 2.24) is 10.2 Å². The quantitative estimate of drug-likeness (QED) is 0.319. The number of nitrogens with zero attached hydrogens (tertiary/aromatic N) is 4. The van der Waals surface area contributed by atoms with Crippen molar-refractivity contribution in [2.45, 2.75) is 78.4 Å². The summed E-state index contributed by atoms with van der Waals surface area (Å²) in [5, 5.41) is 15.9. The lowest BCUT2D eigenvalue weighted by Gasteiger charge is -2.34. The SMILES string of the molecule is COc1c(NC(=O)c2ccc(C)c(N3CC(C(=O)NCC4CCCN(C(=O)OC(C)(C)C)C4)N=N3)c2)cc(C(C)(C)C)cc1NS(C)(=O)=O. The first kappa shape index (κ1) is 37.4. The minimum Gasteiger partial charge on any atom is -0.492 e. The van der Waals surface area contributed by atoms with Crippen LogP contribution in [-0.4, -0.2) is 82.4 Å². The Kier molecular flexibility index (Phi) is 11.2. The number of nitrogens with one attached hydrogen (secondary N) is 3. The molecule has 0 saturated carbocycles. The molecular weight excluding hydrogens is 650 g/mol. The molecule has 49 heavy (non-hydrogen) atoms. The van der Waals surface area contributed by atoms with Gasteiger partial charge in [-0.1, -0.05) is 32.1 Å². The van der Waals surface area contributed by atoms with Gasteiger partial charge in [0, 0.05) is 25.2 Å². The van der Waals surface area contributed by atoms with Crippen LogP contribution in [0.2, 0.25) is 0 Å². The minimum absolute atomic E-state index is 0.0954. The van der Waals surface area contributed by atoms with Crippen LogP contribution in [0.1, 0.15) is 75.9 Å². The Balaban J connectivity index is 1.43. The van der Waals surface area contributed by atoms with E-state index in [1.165, 1.54) is 7.11 Å². The fourth-order valence-corrected chi connectivity index (χ4v) is 6.15. The van der Waals surface area contributed by atoms with Crippen molar-refractivity contribution in [3.05, 3.63) is 47.0 Å². The van der Waals surface area contributed by atoms with Crippen molar-refractivity contribution in [1.29, 1.82) is 0 Å². The van der Waals surface area contributed by atoms with E-state index in [4.69, 9.17) is 9.47 Å². The van der Waals surface area contributed by atoms with E-state index < -0.39 is 27.6 Å². The monoisotopic (exact) mass is 699 g/mol. The number of methoxy groups -OCH3 is 1. The summed E-state index contributed by atoms with van der Waals surface area (Å²) in [6.45, 7) is 15.0. The van der Waals surface area contributed by atoms with E-state index in [-0.39, 0.29) is 41.3 Å². The Morgan fingerprint density at radius 3 is 2.35 bits per heavy atom. The summed E-state index contributed by atoms with van der Waals surface area (Å²) < 4.78 is 37.8. The topological polar surface area (TPSA) is 171 Å². The van der Waals surface area contributed by atoms with Gasteiger partial charge in [-0.05, 0) is 87.3 Å². The summed E-state index contributed by atoms with van der Waals surface area (Å²) in [5.74, 6) is -0.448. The van der Waals surface area contributed by atoms with E-state index in [2.05, 4.69) is 25.7 Å². The number of benzene rings is 2. The van der Waals surface area contributed by atoms with Crippen LogP contribution in [0.4, 0.5) is 21.9 Å². The zero-order valence-electron chi connectivity index (χ0n) is 29.8. The van der Waals surface area contributed by atoms with Crippen LogP contribution in [0.15, 0.2) is 40.7 Å². The number of rotatable bonds is 9. The van der Waals surface area contributed by atoms with E-state index in [1.54, 1.807) is 40.2 Å². The first-order chi connectivity index (χ1) is 22.7. The molecule has 2 aliphatic heterocycles. The minimum atomic E-state index is -3.64.